The molecule has 0 unspecified atom stereocenters. The molecular formula is C14H13ClN2O3. The SMILES string of the molecule is CCOC(=O)c1cn(C2CC2)c2nc(Cl)ccc2c1=O. The second-order valence-electron chi connectivity index (χ2n) is 4.74. The third kappa shape index (κ3) is 2.18. The van der Waals surface area contributed by atoms with E-state index in [1.54, 1.807) is 25.3 Å². The Bertz CT molecular complexity index is 750. The van der Waals surface area contributed by atoms with Gasteiger partial charge in [0.2, 0.25) is 5.43 Å². The Hall–Kier alpha value is -1.88. The first-order valence-corrected chi connectivity index (χ1v) is 6.88. The van der Waals surface area contributed by atoms with E-state index in [-0.39, 0.29) is 23.6 Å². The van der Waals surface area contributed by atoms with Gasteiger partial charge in [-0.05, 0) is 31.9 Å². The van der Waals surface area contributed by atoms with Crippen molar-refractivity contribution in [2.45, 2.75) is 25.8 Å². The van der Waals surface area contributed by atoms with Gasteiger partial charge in [0.05, 0.1) is 12.0 Å². The molecule has 0 amide bonds. The molecule has 0 radical (unpaired) electrons. The number of aromatic nitrogens is 2. The Labute approximate surface area is 120 Å². The van der Waals surface area contributed by atoms with Crippen LogP contribution in [0.4, 0.5) is 0 Å². The molecule has 6 heteroatoms. The summed E-state index contributed by atoms with van der Waals surface area (Å²) in [5, 5.41) is 0.724. The van der Waals surface area contributed by atoms with Gasteiger partial charge in [0, 0.05) is 12.2 Å². The van der Waals surface area contributed by atoms with Crippen LogP contribution < -0.4 is 5.43 Å². The average molecular weight is 293 g/mol. The normalized spacial score (nSPS) is 14.5. The molecule has 1 fully saturated rings. The molecule has 0 N–H and O–H groups in total. The van der Waals surface area contributed by atoms with Crippen LogP contribution >= 0.6 is 11.6 Å². The van der Waals surface area contributed by atoms with Gasteiger partial charge in [-0.2, -0.15) is 0 Å². The lowest BCUT2D eigenvalue weighted by atomic mass is 10.2. The minimum Gasteiger partial charge on any atom is -0.462 e. The van der Waals surface area contributed by atoms with Gasteiger partial charge in [-0.25, -0.2) is 9.78 Å². The maximum Gasteiger partial charge on any atom is 0.343 e. The zero-order valence-electron chi connectivity index (χ0n) is 10.9. The highest BCUT2D eigenvalue weighted by atomic mass is 35.5. The molecule has 0 bridgehead atoms. The number of rotatable bonds is 3. The van der Waals surface area contributed by atoms with E-state index >= 15 is 0 Å². The van der Waals surface area contributed by atoms with E-state index in [0.717, 1.165) is 12.8 Å². The average Bonchev–Trinajstić information content (AvgIpc) is 3.23. The minimum atomic E-state index is -0.594. The summed E-state index contributed by atoms with van der Waals surface area (Å²) in [6, 6.07) is 3.43. The summed E-state index contributed by atoms with van der Waals surface area (Å²) < 4.78 is 6.79. The summed E-state index contributed by atoms with van der Waals surface area (Å²) in [6.45, 7) is 1.94. The first-order chi connectivity index (χ1) is 9.61. The highest BCUT2D eigenvalue weighted by Gasteiger charge is 2.27. The van der Waals surface area contributed by atoms with Gasteiger partial charge >= 0.3 is 5.97 Å². The first-order valence-electron chi connectivity index (χ1n) is 6.50. The second-order valence-corrected chi connectivity index (χ2v) is 5.12. The van der Waals surface area contributed by atoms with Gasteiger partial charge in [-0.1, -0.05) is 11.6 Å². The van der Waals surface area contributed by atoms with Crippen LogP contribution in [0.15, 0.2) is 23.1 Å². The summed E-state index contributed by atoms with van der Waals surface area (Å²) in [7, 11) is 0. The Morgan fingerprint density at radius 3 is 2.90 bits per heavy atom. The monoisotopic (exact) mass is 292 g/mol. The number of fused-ring (bicyclic) bond motifs is 1. The second kappa shape index (κ2) is 4.90. The quantitative estimate of drug-likeness (QED) is 0.644. The molecule has 0 aliphatic heterocycles. The molecule has 2 aromatic heterocycles. The lowest BCUT2D eigenvalue weighted by molar-refractivity contribution is 0.0524. The fourth-order valence-corrected chi connectivity index (χ4v) is 2.33. The Balaban J connectivity index is 2.28. The van der Waals surface area contributed by atoms with Crippen LogP contribution in [0.3, 0.4) is 0 Å². The van der Waals surface area contributed by atoms with Gasteiger partial charge in [-0.3, -0.25) is 4.79 Å². The lowest BCUT2D eigenvalue weighted by Crippen LogP contribution is -2.21. The van der Waals surface area contributed by atoms with E-state index in [1.807, 2.05) is 4.57 Å². The van der Waals surface area contributed by atoms with E-state index < -0.39 is 5.97 Å². The maximum atomic E-state index is 12.4. The Kier molecular flexibility index (Phi) is 3.22. The van der Waals surface area contributed by atoms with E-state index in [1.165, 1.54) is 0 Å². The van der Waals surface area contributed by atoms with Crippen LogP contribution in [0.5, 0.6) is 0 Å². The number of carbonyl (C=O) groups excluding carboxylic acids is 1. The number of halogens is 1. The van der Waals surface area contributed by atoms with Gasteiger partial charge in [0.1, 0.15) is 16.4 Å². The van der Waals surface area contributed by atoms with Crippen molar-refractivity contribution in [1.82, 2.24) is 9.55 Å². The number of nitrogens with zero attached hydrogens (tertiary/aromatic N) is 2. The molecule has 0 atom stereocenters. The van der Waals surface area contributed by atoms with Gasteiger partial charge in [-0.15, -0.1) is 0 Å². The van der Waals surface area contributed by atoms with E-state index in [4.69, 9.17) is 16.3 Å². The highest BCUT2D eigenvalue weighted by Crippen LogP contribution is 2.36. The summed E-state index contributed by atoms with van der Waals surface area (Å²) >= 11 is 5.90. The van der Waals surface area contributed by atoms with E-state index in [2.05, 4.69) is 4.98 Å². The summed E-state index contributed by atoms with van der Waals surface area (Å²) in [6.07, 6.45) is 3.56. The van der Waals surface area contributed by atoms with Crippen LogP contribution in [0.2, 0.25) is 5.15 Å². The minimum absolute atomic E-state index is 0.0513. The molecule has 2 aromatic rings. The number of hydrogen-bond donors (Lipinski definition) is 0. The third-order valence-corrected chi connectivity index (χ3v) is 3.49. The van der Waals surface area contributed by atoms with Crippen molar-refractivity contribution in [3.05, 3.63) is 39.3 Å². The fourth-order valence-electron chi connectivity index (χ4n) is 2.19. The van der Waals surface area contributed by atoms with E-state index in [0.29, 0.717) is 16.2 Å². The highest BCUT2D eigenvalue weighted by molar-refractivity contribution is 6.29. The Morgan fingerprint density at radius 2 is 2.25 bits per heavy atom. The smallest absolute Gasteiger partial charge is 0.343 e. The van der Waals surface area contributed by atoms with Crippen LogP contribution in [0.1, 0.15) is 36.2 Å². The molecule has 1 saturated carbocycles. The molecule has 5 nitrogen and oxygen atoms in total. The summed E-state index contributed by atoms with van der Waals surface area (Å²) in [5.74, 6) is -0.594. The summed E-state index contributed by atoms with van der Waals surface area (Å²) in [4.78, 5) is 28.5. The largest absolute Gasteiger partial charge is 0.462 e. The molecule has 3 rings (SSSR count). The van der Waals surface area contributed by atoms with Crippen LogP contribution in [0, 0.1) is 0 Å². The van der Waals surface area contributed by atoms with Crippen molar-refractivity contribution in [2.75, 3.05) is 6.61 Å². The molecule has 0 aromatic carbocycles. The molecule has 1 aliphatic carbocycles. The predicted molar refractivity (Wildman–Crippen MR) is 75.2 cm³/mol. The zero-order valence-corrected chi connectivity index (χ0v) is 11.7. The number of pyridine rings is 2. The lowest BCUT2D eigenvalue weighted by Gasteiger charge is -2.11. The molecular weight excluding hydrogens is 280 g/mol. The number of hydrogen-bond acceptors (Lipinski definition) is 4. The van der Waals surface area contributed by atoms with Crippen LogP contribution in [0.25, 0.3) is 11.0 Å². The van der Waals surface area contributed by atoms with Gasteiger partial charge < -0.3 is 9.30 Å². The molecule has 0 saturated heterocycles. The molecule has 20 heavy (non-hydrogen) atoms. The number of carbonyl (C=O) groups is 1. The molecule has 2 heterocycles. The van der Waals surface area contributed by atoms with Crippen LogP contribution in [-0.2, 0) is 4.74 Å². The molecule has 104 valence electrons. The van der Waals surface area contributed by atoms with Crippen molar-refractivity contribution in [3.63, 3.8) is 0 Å². The topological polar surface area (TPSA) is 61.2 Å². The third-order valence-electron chi connectivity index (χ3n) is 3.28. The molecule has 0 spiro atoms. The molecule has 1 aliphatic rings. The summed E-state index contributed by atoms with van der Waals surface area (Å²) in [5.41, 5.74) is 0.216. The zero-order chi connectivity index (χ0) is 14.3. The first kappa shape index (κ1) is 13.1. The van der Waals surface area contributed by atoms with Crippen LogP contribution in [-0.4, -0.2) is 22.1 Å². The predicted octanol–water partition coefficient (Wildman–Crippen LogP) is 2.56. The fraction of sp³-hybridized carbons (Fsp3) is 0.357. The van der Waals surface area contributed by atoms with Gasteiger partial charge in [0.15, 0.2) is 0 Å². The Morgan fingerprint density at radius 1 is 1.50 bits per heavy atom. The van der Waals surface area contributed by atoms with Crippen molar-refractivity contribution < 1.29 is 9.53 Å². The van der Waals surface area contributed by atoms with E-state index in [9.17, 15) is 9.59 Å². The van der Waals surface area contributed by atoms with Gasteiger partial charge in [0.25, 0.3) is 0 Å². The number of esters is 1. The van der Waals surface area contributed by atoms with Crippen molar-refractivity contribution in [3.8, 4) is 0 Å². The van der Waals surface area contributed by atoms with Crippen molar-refractivity contribution in [1.29, 1.82) is 0 Å². The van der Waals surface area contributed by atoms with Crippen molar-refractivity contribution >= 4 is 28.6 Å². The maximum absolute atomic E-state index is 12.4. The number of ether oxygens (including phenoxy) is 1. The van der Waals surface area contributed by atoms with Crippen molar-refractivity contribution in [2.24, 2.45) is 0 Å². The standard InChI is InChI=1S/C14H13ClN2O3/c1-2-20-14(19)10-7-17(8-3-4-8)13-9(12(10)18)5-6-11(15)16-13/h5-8H,2-4H2,1H3.